The number of nitrogens with zero attached hydrogens (tertiary/aromatic N) is 1. The van der Waals surface area contributed by atoms with E-state index < -0.39 is 0 Å². The van der Waals surface area contributed by atoms with E-state index in [1.165, 1.54) is 0 Å². The molecule has 25 heavy (non-hydrogen) atoms. The highest BCUT2D eigenvalue weighted by atomic mass is 16.6. The summed E-state index contributed by atoms with van der Waals surface area (Å²) < 4.78 is 5.79. The second-order valence-corrected chi connectivity index (χ2v) is 8.27. The molecule has 1 amide bonds. The Morgan fingerprint density at radius 1 is 1.04 bits per heavy atom. The number of carbonyl (C=O) groups excluding carboxylic acids is 1. The molecule has 0 unspecified atom stereocenters. The predicted molar refractivity (Wildman–Crippen MR) is 103 cm³/mol. The molecule has 1 saturated heterocycles. The minimum Gasteiger partial charge on any atom is -0.446 e. The fraction of sp³-hybridized carbons (Fsp3) is 0.476. The summed E-state index contributed by atoms with van der Waals surface area (Å²) in [4.78, 5) is 14.9. The molecular weight excluding hydrogens is 312 g/mol. The molecule has 134 valence electrons. The van der Waals surface area contributed by atoms with Crippen LogP contribution in [-0.4, -0.2) is 35.2 Å². The van der Waals surface area contributed by atoms with E-state index in [1.54, 1.807) is 0 Å². The molecule has 4 heteroatoms. The van der Waals surface area contributed by atoms with Crippen LogP contribution in [0.25, 0.3) is 10.8 Å². The Morgan fingerprint density at radius 3 is 2.32 bits per heavy atom. The molecule has 0 atom stereocenters. The lowest BCUT2D eigenvalue weighted by atomic mass is 9.79. The third-order valence-electron chi connectivity index (χ3n) is 5.57. The van der Waals surface area contributed by atoms with Gasteiger partial charge in [-0.2, -0.15) is 0 Å². The quantitative estimate of drug-likeness (QED) is 0.833. The van der Waals surface area contributed by atoms with Crippen LogP contribution >= 0.6 is 0 Å². The van der Waals surface area contributed by atoms with E-state index in [-0.39, 0.29) is 23.3 Å². The lowest BCUT2D eigenvalue weighted by Crippen LogP contribution is -2.60. The van der Waals surface area contributed by atoms with Gasteiger partial charge >= 0.3 is 6.09 Å². The van der Waals surface area contributed by atoms with Gasteiger partial charge in [0.1, 0.15) is 6.10 Å². The summed E-state index contributed by atoms with van der Waals surface area (Å²) in [6.07, 6.45) is 1.19. The Kier molecular flexibility index (Phi) is 4.50. The molecular formula is C21H28N2O2. The topological polar surface area (TPSA) is 41.6 Å². The molecule has 0 spiro atoms. The maximum Gasteiger partial charge on any atom is 0.411 e. The highest BCUT2D eigenvalue weighted by Gasteiger charge is 2.44. The Morgan fingerprint density at radius 2 is 1.64 bits per heavy atom. The predicted octanol–water partition coefficient (Wildman–Crippen LogP) is 5.04. The number of piperidine rings is 1. The first-order valence-electron chi connectivity index (χ1n) is 8.88. The van der Waals surface area contributed by atoms with Crippen molar-refractivity contribution in [1.29, 1.82) is 0 Å². The summed E-state index contributed by atoms with van der Waals surface area (Å²) in [7, 11) is 2.15. The number of rotatable bonds is 2. The van der Waals surface area contributed by atoms with Crippen molar-refractivity contribution >= 4 is 22.6 Å². The van der Waals surface area contributed by atoms with Crippen LogP contribution in [0.5, 0.6) is 0 Å². The number of hydrogen-bond acceptors (Lipinski definition) is 3. The molecule has 0 bridgehead atoms. The van der Waals surface area contributed by atoms with E-state index in [0.717, 1.165) is 29.3 Å². The second kappa shape index (κ2) is 6.34. The number of amides is 1. The summed E-state index contributed by atoms with van der Waals surface area (Å²) in [5.41, 5.74) is 0.771. The molecule has 1 fully saturated rings. The van der Waals surface area contributed by atoms with Crippen molar-refractivity contribution in [2.75, 3.05) is 12.4 Å². The Hall–Kier alpha value is -2.07. The number of anilines is 1. The van der Waals surface area contributed by atoms with Crippen LogP contribution in [0, 0.1) is 0 Å². The fourth-order valence-corrected chi connectivity index (χ4v) is 3.99. The molecule has 0 saturated carbocycles. The minimum atomic E-state index is -0.377. The number of hydrogen-bond donors (Lipinski definition) is 1. The SMILES string of the molecule is CN1C(C)(C)CC(OC(=O)Nc2cccc3ccccc23)CC1(C)C. The Labute approximate surface area is 150 Å². The van der Waals surface area contributed by atoms with Gasteiger partial charge in [-0.25, -0.2) is 4.79 Å². The Balaban J connectivity index is 1.72. The highest BCUT2D eigenvalue weighted by Crippen LogP contribution is 2.38. The molecule has 0 radical (unpaired) electrons. The van der Waals surface area contributed by atoms with Gasteiger partial charge in [-0.1, -0.05) is 36.4 Å². The van der Waals surface area contributed by atoms with Crippen LogP contribution < -0.4 is 5.32 Å². The molecule has 1 N–H and O–H groups in total. The molecule has 2 aromatic rings. The highest BCUT2D eigenvalue weighted by molar-refractivity contribution is 6.00. The monoisotopic (exact) mass is 340 g/mol. The summed E-state index contributed by atoms with van der Waals surface area (Å²) in [6.45, 7) is 8.81. The van der Waals surface area contributed by atoms with E-state index >= 15 is 0 Å². The van der Waals surface area contributed by atoms with Crippen LogP contribution in [0.2, 0.25) is 0 Å². The third kappa shape index (κ3) is 3.64. The molecule has 1 aliphatic heterocycles. The lowest BCUT2D eigenvalue weighted by molar-refractivity contribution is -0.0659. The van der Waals surface area contributed by atoms with E-state index in [2.05, 4.69) is 45.0 Å². The summed E-state index contributed by atoms with van der Waals surface area (Å²) >= 11 is 0. The number of carbonyl (C=O) groups is 1. The van der Waals surface area contributed by atoms with E-state index in [4.69, 9.17) is 4.74 Å². The van der Waals surface area contributed by atoms with Gasteiger partial charge in [-0.15, -0.1) is 0 Å². The zero-order chi connectivity index (χ0) is 18.2. The average Bonchev–Trinajstić information content (AvgIpc) is 2.52. The van der Waals surface area contributed by atoms with E-state index in [0.29, 0.717) is 0 Å². The first-order chi connectivity index (χ1) is 11.7. The first-order valence-corrected chi connectivity index (χ1v) is 8.88. The minimum absolute atomic E-state index is 0.00780. The first kappa shape index (κ1) is 17.7. The summed E-state index contributed by atoms with van der Waals surface area (Å²) in [6, 6.07) is 13.9. The number of fused-ring (bicyclic) bond motifs is 1. The van der Waals surface area contributed by atoms with Crippen LogP contribution in [-0.2, 0) is 4.74 Å². The number of benzene rings is 2. The van der Waals surface area contributed by atoms with Crippen molar-refractivity contribution in [3.05, 3.63) is 42.5 Å². The molecule has 4 nitrogen and oxygen atoms in total. The van der Waals surface area contributed by atoms with Crippen LogP contribution in [0.3, 0.4) is 0 Å². The van der Waals surface area contributed by atoms with E-state index in [1.807, 2.05) is 42.5 Å². The van der Waals surface area contributed by atoms with Gasteiger partial charge in [-0.3, -0.25) is 10.2 Å². The van der Waals surface area contributed by atoms with Crippen molar-refractivity contribution < 1.29 is 9.53 Å². The van der Waals surface area contributed by atoms with Gasteiger partial charge in [0, 0.05) is 29.3 Å². The zero-order valence-corrected chi connectivity index (χ0v) is 15.8. The Bertz CT molecular complexity index is 759. The van der Waals surface area contributed by atoms with Gasteiger partial charge in [0.2, 0.25) is 0 Å². The fourth-order valence-electron chi connectivity index (χ4n) is 3.99. The lowest BCUT2D eigenvalue weighted by Gasteiger charge is -2.53. The van der Waals surface area contributed by atoms with Crippen LogP contribution in [0.15, 0.2) is 42.5 Å². The maximum atomic E-state index is 12.5. The van der Waals surface area contributed by atoms with Gasteiger partial charge in [-0.05, 0) is 46.2 Å². The number of likely N-dealkylation sites (tertiary alicyclic amines) is 1. The van der Waals surface area contributed by atoms with E-state index in [9.17, 15) is 4.79 Å². The third-order valence-corrected chi connectivity index (χ3v) is 5.57. The van der Waals surface area contributed by atoms with Crippen molar-refractivity contribution in [2.24, 2.45) is 0 Å². The molecule has 2 aromatic carbocycles. The van der Waals surface area contributed by atoms with Gasteiger partial charge in [0.05, 0.1) is 5.69 Å². The molecule has 3 rings (SSSR count). The maximum absolute atomic E-state index is 12.5. The smallest absolute Gasteiger partial charge is 0.411 e. The molecule has 1 heterocycles. The molecule has 0 aromatic heterocycles. The van der Waals surface area contributed by atoms with Crippen LogP contribution in [0.1, 0.15) is 40.5 Å². The summed E-state index contributed by atoms with van der Waals surface area (Å²) in [5.74, 6) is 0. The van der Waals surface area contributed by atoms with Crippen molar-refractivity contribution in [3.8, 4) is 0 Å². The standard InChI is InChI=1S/C21H28N2O2/c1-20(2)13-16(14-21(3,4)23(20)5)25-19(24)22-18-12-8-10-15-9-6-7-11-17(15)18/h6-12,16H,13-14H2,1-5H3,(H,22,24). The summed E-state index contributed by atoms with van der Waals surface area (Å²) in [5, 5.41) is 5.04. The van der Waals surface area contributed by atoms with Crippen LogP contribution in [0.4, 0.5) is 10.5 Å². The van der Waals surface area contributed by atoms with Crippen molar-refractivity contribution in [1.82, 2.24) is 4.90 Å². The normalized spacial score (nSPS) is 20.4. The van der Waals surface area contributed by atoms with Gasteiger partial charge in [0.25, 0.3) is 0 Å². The molecule has 0 aliphatic carbocycles. The largest absolute Gasteiger partial charge is 0.446 e. The van der Waals surface area contributed by atoms with Gasteiger partial charge in [0.15, 0.2) is 0 Å². The van der Waals surface area contributed by atoms with Gasteiger partial charge < -0.3 is 4.74 Å². The zero-order valence-electron chi connectivity index (χ0n) is 15.8. The van der Waals surface area contributed by atoms with Crippen molar-refractivity contribution in [2.45, 2.75) is 57.7 Å². The second-order valence-electron chi connectivity index (χ2n) is 8.27. The molecule has 1 aliphatic rings. The number of ether oxygens (including phenoxy) is 1. The average molecular weight is 340 g/mol. The number of nitrogens with one attached hydrogen (secondary N) is 1. The van der Waals surface area contributed by atoms with Crippen molar-refractivity contribution in [3.63, 3.8) is 0 Å².